The van der Waals surface area contributed by atoms with Gasteiger partial charge in [-0.15, -0.1) is 6.58 Å². The van der Waals surface area contributed by atoms with Gasteiger partial charge in [0, 0.05) is 12.5 Å². The quantitative estimate of drug-likeness (QED) is 0.582. The van der Waals surface area contributed by atoms with Gasteiger partial charge in [-0.25, -0.2) is 4.79 Å². The molecule has 3 rings (SSSR count). The van der Waals surface area contributed by atoms with E-state index in [1.54, 1.807) is 6.08 Å². The van der Waals surface area contributed by atoms with Gasteiger partial charge in [0.15, 0.2) is 0 Å². The van der Waals surface area contributed by atoms with Crippen LogP contribution in [0, 0.1) is 0 Å². The van der Waals surface area contributed by atoms with Gasteiger partial charge >= 0.3 is 6.09 Å². The van der Waals surface area contributed by atoms with Crippen molar-refractivity contribution in [3.05, 3.63) is 72.3 Å². The van der Waals surface area contributed by atoms with Crippen molar-refractivity contribution in [3.63, 3.8) is 0 Å². The summed E-state index contributed by atoms with van der Waals surface area (Å²) in [5, 5.41) is 2.72. The van der Waals surface area contributed by atoms with Crippen LogP contribution in [0.1, 0.15) is 23.5 Å². The van der Waals surface area contributed by atoms with Gasteiger partial charge in [0.25, 0.3) is 0 Å². The van der Waals surface area contributed by atoms with Gasteiger partial charge in [-0.1, -0.05) is 54.6 Å². The van der Waals surface area contributed by atoms with E-state index >= 15 is 0 Å². The van der Waals surface area contributed by atoms with Crippen LogP contribution in [0.15, 0.2) is 61.2 Å². The van der Waals surface area contributed by atoms with Crippen molar-refractivity contribution in [2.45, 2.75) is 12.3 Å². The average molecular weight is 337 g/mol. The summed E-state index contributed by atoms with van der Waals surface area (Å²) in [5.74, 6) is 0.0852. The van der Waals surface area contributed by atoms with Crippen LogP contribution in [0.4, 0.5) is 4.79 Å². The van der Waals surface area contributed by atoms with Crippen molar-refractivity contribution in [2.24, 2.45) is 0 Å². The maximum Gasteiger partial charge on any atom is 0.407 e. The minimum Gasteiger partial charge on any atom is -0.449 e. The summed E-state index contributed by atoms with van der Waals surface area (Å²) in [6.45, 7) is 5.49. The Labute approximate surface area is 148 Å². The minimum absolute atomic E-state index is 0.0852. The molecule has 0 radical (unpaired) electrons. The Balaban J connectivity index is 1.53. The van der Waals surface area contributed by atoms with Crippen LogP contribution >= 0.6 is 0 Å². The second-order valence-corrected chi connectivity index (χ2v) is 5.94. The Morgan fingerprint density at radius 1 is 1.04 bits per heavy atom. The summed E-state index contributed by atoms with van der Waals surface area (Å²) in [7, 11) is 0. The molecule has 0 aliphatic heterocycles. The van der Waals surface area contributed by atoms with Crippen LogP contribution in [-0.2, 0) is 9.47 Å². The van der Waals surface area contributed by atoms with Crippen LogP contribution < -0.4 is 5.32 Å². The highest BCUT2D eigenvalue weighted by molar-refractivity contribution is 5.79. The van der Waals surface area contributed by atoms with Crippen LogP contribution in [-0.4, -0.2) is 32.5 Å². The molecule has 0 spiro atoms. The molecule has 25 heavy (non-hydrogen) atoms. The van der Waals surface area contributed by atoms with Crippen molar-refractivity contribution < 1.29 is 14.3 Å². The third-order valence-electron chi connectivity index (χ3n) is 4.33. The summed E-state index contributed by atoms with van der Waals surface area (Å²) < 4.78 is 10.8. The first kappa shape index (κ1) is 17.2. The third-order valence-corrected chi connectivity index (χ3v) is 4.33. The second-order valence-electron chi connectivity index (χ2n) is 5.94. The van der Waals surface area contributed by atoms with Gasteiger partial charge < -0.3 is 14.8 Å². The lowest BCUT2D eigenvalue weighted by molar-refractivity contribution is 0.123. The monoisotopic (exact) mass is 337 g/mol. The highest BCUT2D eigenvalue weighted by Gasteiger charge is 2.28. The van der Waals surface area contributed by atoms with Gasteiger partial charge in [-0.05, 0) is 28.7 Å². The molecule has 1 amide bonds. The number of carbonyl (C=O) groups is 1. The first-order chi connectivity index (χ1) is 12.3. The van der Waals surface area contributed by atoms with E-state index in [1.165, 1.54) is 22.3 Å². The van der Waals surface area contributed by atoms with E-state index in [-0.39, 0.29) is 5.92 Å². The largest absolute Gasteiger partial charge is 0.449 e. The van der Waals surface area contributed by atoms with E-state index < -0.39 is 6.09 Å². The fourth-order valence-electron chi connectivity index (χ4n) is 3.14. The molecular formula is C21H23NO3. The van der Waals surface area contributed by atoms with Gasteiger partial charge in [0.2, 0.25) is 0 Å². The molecule has 2 aromatic rings. The molecule has 0 atom stereocenters. The minimum atomic E-state index is -0.408. The van der Waals surface area contributed by atoms with Crippen molar-refractivity contribution >= 4 is 6.09 Å². The molecule has 2 aromatic carbocycles. The number of fused-ring (bicyclic) bond motifs is 3. The van der Waals surface area contributed by atoms with Crippen molar-refractivity contribution in [1.29, 1.82) is 0 Å². The normalized spacial score (nSPS) is 12.3. The van der Waals surface area contributed by atoms with E-state index in [2.05, 4.69) is 36.2 Å². The fraction of sp³-hybridized carbons (Fsp3) is 0.286. The Morgan fingerprint density at radius 2 is 1.68 bits per heavy atom. The molecule has 1 N–H and O–H groups in total. The highest BCUT2D eigenvalue weighted by Crippen LogP contribution is 2.44. The Morgan fingerprint density at radius 3 is 2.32 bits per heavy atom. The van der Waals surface area contributed by atoms with Crippen molar-refractivity contribution in [2.75, 3.05) is 26.4 Å². The lowest BCUT2D eigenvalue weighted by Gasteiger charge is -2.14. The molecule has 0 saturated carbocycles. The number of hydrogen-bond donors (Lipinski definition) is 1. The van der Waals surface area contributed by atoms with E-state index in [4.69, 9.17) is 9.47 Å². The maximum atomic E-state index is 11.9. The van der Waals surface area contributed by atoms with Gasteiger partial charge in [-0.2, -0.15) is 0 Å². The zero-order chi connectivity index (χ0) is 17.5. The van der Waals surface area contributed by atoms with Crippen molar-refractivity contribution in [1.82, 2.24) is 5.32 Å². The summed E-state index contributed by atoms with van der Waals surface area (Å²) in [4.78, 5) is 11.9. The first-order valence-electron chi connectivity index (χ1n) is 8.58. The number of benzene rings is 2. The standard InChI is InChI=1S/C21H23NO3/c1-2-3-13-24-14-12-22-21(23)25-15-20-18-10-6-4-8-16(18)17-9-5-7-11-19(17)20/h2,4-11,20H,1,3,12-15H2,(H,22,23). The molecule has 1 aliphatic carbocycles. The molecule has 0 fully saturated rings. The van der Waals surface area contributed by atoms with Crippen LogP contribution in [0.25, 0.3) is 11.1 Å². The number of ether oxygens (including phenoxy) is 2. The number of rotatable bonds is 8. The maximum absolute atomic E-state index is 11.9. The number of amides is 1. The summed E-state index contributed by atoms with van der Waals surface area (Å²) in [6.07, 6.45) is 2.21. The van der Waals surface area contributed by atoms with E-state index in [1.807, 2.05) is 24.3 Å². The second kappa shape index (κ2) is 8.49. The average Bonchev–Trinajstić information content (AvgIpc) is 2.97. The number of carbonyl (C=O) groups excluding carboxylic acids is 1. The van der Waals surface area contributed by atoms with E-state index in [9.17, 15) is 4.79 Å². The molecule has 4 heteroatoms. The predicted octanol–water partition coefficient (Wildman–Crippen LogP) is 4.12. The summed E-state index contributed by atoms with van der Waals surface area (Å²) in [5.41, 5.74) is 4.87. The Hall–Kier alpha value is -2.59. The van der Waals surface area contributed by atoms with Gasteiger partial charge in [0.05, 0.1) is 13.2 Å². The molecule has 0 bridgehead atoms. The molecule has 0 unspecified atom stereocenters. The Kier molecular flexibility index (Phi) is 5.86. The first-order valence-corrected chi connectivity index (χ1v) is 8.58. The topological polar surface area (TPSA) is 47.6 Å². The lowest BCUT2D eigenvalue weighted by Crippen LogP contribution is -2.29. The summed E-state index contributed by atoms with van der Waals surface area (Å²) in [6, 6.07) is 16.6. The molecule has 0 aromatic heterocycles. The van der Waals surface area contributed by atoms with E-state index in [0.29, 0.717) is 26.4 Å². The molecule has 4 nitrogen and oxygen atoms in total. The predicted molar refractivity (Wildman–Crippen MR) is 98.7 cm³/mol. The van der Waals surface area contributed by atoms with Crippen LogP contribution in [0.5, 0.6) is 0 Å². The molecular weight excluding hydrogens is 314 g/mol. The Bertz CT molecular complexity index is 696. The molecule has 0 heterocycles. The third kappa shape index (κ3) is 4.09. The summed E-state index contributed by atoms with van der Waals surface area (Å²) >= 11 is 0. The molecule has 1 aliphatic rings. The number of hydrogen-bond acceptors (Lipinski definition) is 3. The van der Waals surface area contributed by atoms with Crippen LogP contribution in [0.3, 0.4) is 0 Å². The number of nitrogens with one attached hydrogen (secondary N) is 1. The zero-order valence-electron chi connectivity index (χ0n) is 14.2. The zero-order valence-corrected chi connectivity index (χ0v) is 14.2. The highest BCUT2D eigenvalue weighted by atomic mass is 16.5. The number of alkyl carbamates (subject to hydrolysis) is 1. The SMILES string of the molecule is C=CCCOCCNC(=O)OCC1c2ccccc2-c2ccccc21. The van der Waals surface area contributed by atoms with Gasteiger partial charge in [-0.3, -0.25) is 0 Å². The van der Waals surface area contributed by atoms with Gasteiger partial charge in [0.1, 0.15) is 6.61 Å². The lowest BCUT2D eigenvalue weighted by atomic mass is 9.98. The van der Waals surface area contributed by atoms with Crippen LogP contribution in [0.2, 0.25) is 0 Å². The van der Waals surface area contributed by atoms with Crippen molar-refractivity contribution in [3.8, 4) is 11.1 Å². The van der Waals surface area contributed by atoms with E-state index in [0.717, 1.165) is 6.42 Å². The molecule has 0 saturated heterocycles. The smallest absolute Gasteiger partial charge is 0.407 e. The molecule has 130 valence electrons. The fourth-order valence-corrected chi connectivity index (χ4v) is 3.14.